The van der Waals surface area contributed by atoms with Gasteiger partial charge in [-0.05, 0) is 37.0 Å². The molecule has 53 heavy (non-hydrogen) atoms. The van der Waals surface area contributed by atoms with Crippen LogP contribution < -0.4 is 22.1 Å². The topological polar surface area (TPSA) is 179 Å². The van der Waals surface area contributed by atoms with Crippen molar-refractivity contribution in [3.05, 3.63) is 60.2 Å². The van der Waals surface area contributed by atoms with Crippen LogP contribution in [0.3, 0.4) is 0 Å². The summed E-state index contributed by atoms with van der Waals surface area (Å²) in [6.07, 6.45) is 7.53. The fraction of sp³-hybridized carbons (Fsp3) is 0.632. The number of fused-ring (bicyclic) bond motifs is 3. The van der Waals surface area contributed by atoms with E-state index in [1.807, 2.05) is 6.07 Å². The van der Waals surface area contributed by atoms with Crippen LogP contribution in [0.25, 0.3) is 11.1 Å². The quantitative estimate of drug-likeness (QED) is 0.220. The molecule has 1 amide bonds. The van der Waals surface area contributed by atoms with Gasteiger partial charge in [0.25, 0.3) is 0 Å². The number of hydrogen-bond donors (Lipinski definition) is 3. The molecular weight excluding hydrogens is 686 g/mol. The van der Waals surface area contributed by atoms with Crippen molar-refractivity contribution in [3.63, 3.8) is 0 Å². The summed E-state index contributed by atoms with van der Waals surface area (Å²) in [4.78, 5) is 18.9. The molecule has 3 aliphatic carbocycles. The Bertz CT molecular complexity index is 1880. The molecular formula is C38H46F2N8O5. The van der Waals surface area contributed by atoms with Gasteiger partial charge in [0.2, 0.25) is 0 Å². The molecule has 4 aliphatic heterocycles. The van der Waals surface area contributed by atoms with Crippen molar-refractivity contribution in [2.45, 2.75) is 62.4 Å². The van der Waals surface area contributed by atoms with Crippen molar-refractivity contribution in [1.29, 1.82) is 0 Å². The lowest BCUT2D eigenvalue weighted by molar-refractivity contribution is 0.0722. The van der Waals surface area contributed by atoms with Crippen LogP contribution >= 0.6 is 0 Å². The van der Waals surface area contributed by atoms with Crippen LogP contribution in [0, 0.1) is 51.6 Å². The summed E-state index contributed by atoms with van der Waals surface area (Å²) in [6, 6.07) is 6.19. The number of aromatic nitrogens is 4. The Balaban J connectivity index is 0.924. The molecule has 1 aromatic carbocycles. The molecule has 0 spiro atoms. The molecule has 15 heteroatoms. The van der Waals surface area contributed by atoms with Crippen molar-refractivity contribution in [3.8, 4) is 11.1 Å². The van der Waals surface area contributed by atoms with Gasteiger partial charge < -0.3 is 36.1 Å². The van der Waals surface area contributed by atoms with Gasteiger partial charge in [-0.25, -0.2) is 18.3 Å². The van der Waals surface area contributed by atoms with E-state index in [4.69, 9.17) is 41.1 Å². The lowest BCUT2D eigenvalue weighted by Gasteiger charge is -2.38. The second-order valence-electron chi connectivity index (χ2n) is 16.7. The Labute approximate surface area is 305 Å². The van der Waals surface area contributed by atoms with Gasteiger partial charge in [0.05, 0.1) is 70.2 Å². The summed E-state index contributed by atoms with van der Waals surface area (Å²) in [5, 5.41) is 7.66. The van der Waals surface area contributed by atoms with Crippen LogP contribution in [-0.2, 0) is 25.5 Å². The molecule has 7 fully saturated rings. The maximum Gasteiger partial charge on any atom is 0.414 e. The minimum Gasteiger partial charge on any atom is -0.442 e. The van der Waals surface area contributed by atoms with Crippen molar-refractivity contribution in [2.24, 2.45) is 57.1 Å². The number of unbranched alkanes of at least 4 members (excludes halogenated alkanes) is 1. The number of hydrogen-bond acceptors (Lipinski definition) is 11. The Hall–Kier alpha value is -3.60. The SMILES string of the molecule is NC1C2COCC12CCCCC(C(c1ccc(-c2c(F)cc(N3C[C@H](Cn4ccnn4)OC3=O)cc2F)cn1)C12COCC1C2N)C12COCC1C2N. The van der Waals surface area contributed by atoms with E-state index in [0.29, 0.717) is 37.9 Å². The monoisotopic (exact) mass is 732 g/mol. The van der Waals surface area contributed by atoms with E-state index in [9.17, 15) is 4.79 Å². The molecule has 3 saturated carbocycles. The number of nitrogens with zero attached hydrogens (tertiary/aromatic N) is 5. The third kappa shape index (κ3) is 5.00. The number of ether oxygens (including phenoxy) is 4. The fourth-order valence-electron chi connectivity index (χ4n) is 11.4. The number of nitrogens with two attached hydrogens (primary N) is 3. The van der Waals surface area contributed by atoms with Crippen LogP contribution in [-0.4, -0.2) is 96.5 Å². The van der Waals surface area contributed by atoms with Gasteiger partial charge in [0, 0.05) is 81.7 Å². The number of amides is 1. The molecule has 4 saturated heterocycles. The zero-order valence-electron chi connectivity index (χ0n) is 29.5. The summed E-state index contributed by atoms with van der Waals surface area (Å²) in [5.74, 6) is -0.574. The second-order valence-corrected chi connectivity index (χ2v) is 16.7. The van der Waals surface area contributed by atoms with Gasteiger partial charge in [-0.2, -0.15) is 0 Å². The smallest absolute Gasteiger partial charge is 0.414 e. The Morgan fingerprint density at radius 2 is 1.62 bits per heavy atom. The molecule has 2 aromatic heterocycles. The summed E-state index contributed by atoms with van der Waals surface area (Å²) in [6.45, 7) is 4.32. The molecule has 282 valence electrons. The summed E-state index contributed by atoms with van der Waals surface area (Å²) >= 11 is 0. The molecule has 6 heterocycles. The Morgan fingerprint density at radius 1 is 0.906 bits per heavy atom. The first-order chi connectivity index (χ1) is 25.7. The van der Waals surface area contributed by atoms with Crippen LogP contribution in [0.2, 0.25) is 0 Å². The van der Waals surface area contributed by atoms with E-state index in [1.54, 1.807) is 18.5 Å². The molecule has 10 rings (SSSR count). The zero-order chi connectivity index (χ0) is 36.3. The molecule has 3 aromatic rings. The van der Waals surface area contributed by atoms with Gasteiger partial charge in [-0.15, -0.1) is 5.10 Å². The number of carbonyl (C=O) groups is 1. The molecule has 12 atom stereocenters. The summed E-state index contributed by atoms with van der Waals surface area (Å²) in [7, 11) is 0. The zero-order valence-corrected chi connectivity index (χ0v) is 29.5. The molecule has 7 aliphatic rings. The third-order valence-electron chi connectivity index (χ3n) is 14.5. The number of rotatable bonds is 13. The first kappa shape index (κ1) is 33.9. The van der Waals surface area contributed by atoms with Crippen LogP contribution in [0.15, 0.2) is 42.9 Å². The highest BCUT2D eigenvalue weighted by Crippen LogP contribution is 2.72. The normalized spacial score (nSPS) is 38.7. The highest BCUT2D eigenvalue weighted by Gasteiger charge is 2.77. The van der Waals surface area contributed by atoms with E-state index in [-0.39, 0.29) is 82.4 Å². The summed E-state index contributed by atoms with van der Waals surface area (Å²) in [5.41, 5.74) is 20.9. The van der Waals surface area contributed by atoms with Gasteiger partial charge >= 0.3 is 6.09 Å². The average molecular weight is 733 g/mol. The first-order valence-electron chi connectivity index (χ1n) is 19.0. The Kier molecular flexibility index (Phi) is 7.81. The highest BCUT2D eigenvalue weighted by atomic mass is 19.1. The number of benzene rings is 1. The minimum atomic E-state index is -0.804. The number of pyridine rings is 1. The van der Waals surface area contributed by atoms with Crippen molar-refractivity contribution in [2.75, 3.05) is 51.1 Å². The molecule has 6 N–H and O–H groups in total. The number of cyclic esters (lactones) is 1. The van der Waals surface area contributed by atoms with Gasteiger partial charge in [0.15, 0.2) is 0 Å². The minimum absolute atomic E-state index is 0.0330. The van der Waals surface area contributed by atoms with E-state index in [2.05, 4.69) is 10.3 Å². The predicted octanol–water partition coefficient (Wildman–Crippen LogP) is 2.83. The van der Waals surface area contributed by atoms with Crippen LogP contribution in [0.1, 0.15) is 37.3 Å². The summed E-state index contributed by atoms with van der Waals surface area (Å²) < 4.78 is 56.5. The van der Waals surface area contributed by atoms with E-state index >= 15 is 8.78 Å². The van der Waals surface area contributed by atoms with Gasteiger partial charge in [0.1, 0.15) is 17.7 Å². The van der Waals surface area contributed by atoms with Gasteiger partial charge in [-0.1, -0.05) is 24.1 Å². The lowest BCUT2D eigenvalue weighted by atomic mass is 9.66. The molecule has 13 nitrogen and oxygen atoms in total. The fourth-order valence-corrected chi connectivity index (χ4v) is 11.4. The maximum absolute atomic E-state index is 15.8. The first-order valence-corrected chi connectivity index (χ1v) is 19.0. The largest absolute Gasteiger partial charge is 0.442 e. The number of carbonyl (C=O) groups excluding carboxylic acids is 1. The Morgan fingerprint density at radius 3 is 2.25 bits per heavy atom. The highest BCUT2D eigenvalue weighted by molar-refractivity contribution is 5.90. The van der Waals surface area contributed by atoms with Crippen molar-refractivity contribution < 1.29 is 32.5 Å². The van der Waals surface area contributed by atoms with Crippen molar-refractivity contribution in [1.82, 2.24) is 20.0 Å². The average Bonchev–Trinajstić information content (AvgIpc) is 3.69. The van der Waals surface area contributed by atoms with Crippen molar-refractivity contribution >= 4 is 11.8 Å². The van der Waals surface area contributed by atoms with Gasteiger partial charge in [-0.3, -0.25) is 9.88 Å². The van der Waals surface area contributed by atoms with Crippen LogP contribution in [0.4, 0.5) is 19.3 Å². The number of anilines is 1. The standard InChI is InChI=1S/C38H46F2N8O5/c39-27-9-21(48-13-22(53-35(48)49)12-47-8-7-45-46-47)10-28(40)30(27)20-4-5-29(44-11-20)31(38-19-52-16-26(38)34(38)43)23(37-18-51-15-25(37)33(37)42)3-1-2-6-36-17-50-14-24(36)32(36)41/h4-5,7-11,22-26,31-34H,1-3,6,12-19,41-43H2/t22-,23?,24?,25?,26?,31?,32?,33?,34?,36?,37?,38?/m0/s1. The third-order valence-corrected chi connectivity index (χ3v) is 14.5. The second kappa shape index (κ2) is 12.2. The maximum atomic E-state index is 15.8. The molecule has 11 unspecified atom stereocenters. The number of halogens is 2. The van der Waals surface area contributed by atoms with Crippen LogP contribution in [0.5, 0.6) is 0 Å². The predicted molar refractivity (Wildman–Crippen MR) is 186 cm³/mol. The van der Waals surface area contributed by atoms with E-state index < -0.39 is 23.8 Å². The molecule has 0 bridgehead atoms. The van der Waals surface area contributed by atoms with E-state index in [1.165, 1.54) is 15.8 Å². The lowest BCUT2D eigenvalue weighted by Crippen LogP contribution is -2.39. The molecule has 0 radical (unpaired) electrons. The van der Waals surface area contributed by atoms with E-state index in [0.717, 1.165) is 56.7 Å².